The third kappa shape index (κ3) is 2.97. The van der Waals surface area contributed by atoms with E-state index in [2.05, 4.69) is 20.9 Å². The summed E-state index contributed by atoms with van der Waals surface area (Å²) in [5.41, 5.74) is 0.962. The number of hydrogen-bond donors (Lipinski definition) is 0. The Morgan fingerprint density at radius 1 is 1.45 bits per heavy atom. The van der Waals surface area contributed by atoms with Crippen LogP contribution in [0.25, 0.3) is 0 Å². The van der Waals surface area contributed by atoms with Crippen LogP contribution in [0, 0.1) is 5.82 Å². The molecule has 1 nitrogen and oxygen atoms in total. The summed E-state index contributed by atoms with van der Waals surface area (Å²) in [6, 6.07) is 1.52. The zero-order chi connectivity index (χ0) is 8.10. The van der Waals surface area contributed by atoms with E-state index in [9.17, 15) is 4.39 Å². The van der Waals surface area contributed by atoms with Crippen molar-refractivity contribution < 1.29 is 4.39 Å². The number of rotatable bonds is 3. The van der Waals surface area contributed by atoms with Gasteiger partial charge in [-0.15, -0.1) is 0 Å². The molecule has 60 valence electrons. The van der Waals surface area contributed by atoms with Crippen LogP contribution in [0.2, 0.25) is 0 Å². The highest BCUT2D eigenvalue weighted by Gasteiger charge is 1.94. The van der Waals surface area contributed by atoms with Gasteiger partial charge in [0.2, 0.25) is 0 Å². The van der Waals surface area contributed by atoms with Gasteiger partial charge in [0, 0.05) is 11.5 Å². The Labute approximate surface area is 73.8 Å². The van der Waals surface area contributed by atoms with Crippen molar-refractivity contribution in [3.05, 3.63) is 29.8 Å². The molecule has 0 saturated heterocycles. The minimum Gasteiger partial charge on any atom is -0.261 e. The summed E-state index contributed by atoms with van der Waals surface area (Å²) in [5, 5.41) is 0.948. The first-order valence-electron chi connectivity index (χ1n) is 3.48. The fourth-order valence-corrected chi connectivity index (χ4v) is 1.14. The molecule has 1 rings (SSSR count). The van der Waals surface area contributed by atoms with Crippen molar-refractivity contribution in [3.8, 4) is 0 Å². The van der Waals surface area contributed by atoms with Crippen LogP contribution in [0.3, 0.4) is 0 Å². The van der Waals surface area contributed by atoms with Gasteiger partial charge in [0.1, 0.15) is 5.82 Å². The highest BCUT2D eigenvalue weighted by Crippen LogP contribution is 2.04. The monoisotopic (exact) mass is 217 g/mol. The highest BCUT2D eigenvalue weighted by atomic mass is 79.9. The quantitative estimate of drug-likeness (QED) is 0.710. The molecule has 0 aliphatic carbocycles. The lowest BCUT2D eigenvalue weighted by Gasteiger charge is -1.96. The van der Waals surface area contributed by atoms with E-state index in [0.29, 0.717) is 0 Å². The Morgan fingerprint density at radius 2 is 2.27 bits per heavy atom. The lowest BCUT2D eigenvalue weighted by Crippen LogP contribution is -1.88. The number of aryl methyl sites for hydroxylation is 1. The molecule has 11 heavy (non-hydrogen) atoms. The normalized spacial score (nSPS) is 10.0. The average molecular weight is 218 g/mol. The second-order valence-corrected chi connectivity index (χ2v) is 3.10. The molecule has 0 N–H and O–H groups in total. The van der Waals surface area contributed by atoms with E-state index in [-0.39, 0.29) is 5.82 Å². The molecule has 1 aromatic heterocycles. The topological polar surface area (TPSA) is 12.9 Å². The van der Waals surface area contributed by atoms with Crippen LogP contribution < -0.4 is 0 Å². The minimum absolute atomic E-state index is 0.253. The summed E-state index contributed by atoms with van der Waals surface area (Å²) in [7, 11) is 0. The molecular weight excluding hydrogens is 209 g/mol. The summed E-state index contributed by atoms with van der Waals surface area (Å²) < 4.78 is 12.5. The van der Waals surface area contributed by atoms with Crippen LogP contribution in [0.4, 0.5) is 4.39 Å². The van der Waals surface area contributed by atoms with Crippen LogP contribution in [-0.4, -0.2) is 10.3 Å². The van der Waals surface area contributed by atoms with Crippen molar-refractivity contribution in [2.75, 3.05) is 5.33 Å². The Kier molecular flexibility index (Phi) is 3.49. The first-order chi connectivity index (χ1) is 5.33. The maximum Gasteiger partial charge on any atom is 0.141 e. The molecule has 1 heterocycles. The molecule has 1 aromatic rings. The average Bonchev–Trinajstić information content (AvgIpc) is 2.01. The lowest BCUT2D eigenvalue weighted by atomic mass is 10.2. The van der Waals surface area contributed by atoms with Crippen molar-refractivity contribution in [2.45, 2.75) is 12.8 Å². The van der Waals surface area contributed by atoms with Gasteiger partial charge in [-0.05, 0) is 24.5 Å². The molecule has 3 heteroatoms. The molecule has 0 aromatic carbocycles. The van der Waals surface area contributed by atoms with Gasteiger partial charge >= 0.3 is 0 Å². The van der Waals surface area contributed by atoms with Gasteiger partial charge in [-0.3, -0.25) is 4.98 Å². The predicted molar refractivity (Wildman–Crippen MR) is 46.3 cm³/mol. The summed E-state index contributed by atoms with van der Waals surface area (Å²) in [6.07, 6.45) is 4.82. The molecule has 0 bridgehead atoms. The van der Waals surface area contributed by atoms with E-state index < -0.39 is 0 Å². The largest absolute Gasteiger partial charge is 0.261 e. The highest BCUT2D eigenvalue weighted by molar-refractivity contribution is 9.09. The molecule has 0 amide bonds. The molecule has 0 radical (unpaired) electrons. The number of pyridine rings is 1. The van der Waals surface area contributed by atoms with E-state index >= 15 is 0 Å². The fourth-order valence-electron chi connectivity index (χ4n) is 0.864. The van der Waals surface area contributed by atoms with Crippen molar-refractivity contribution in [1.29, 1.82) is 0 Å². The number of halogens is 2. The summed E-state index contributed by atoms with van der Waals surface area (Å²) in [5.74, 6) is -0.253. The number of nitrogens with zero attached hydrogens (tertiary/aromatic N) is 1. The van der Waals surface area contributed by atoms with Crippen LogP contribution >= 0.6 is 15.9 Å². The Bertz CT molecular complexity index is 227. The molecule has 0 atom stereocenters. The van der Waals surface area contributed by atoms with Gasteiger partial charge in [-0.1, -0.05) is 15.9 Å². The van der Waals surface area contributed by atoms with Gasteiger partial charge in [0.05, 0.1) is 6.20 Å². The van der Waals surface area contributed by atoms with Gasteiger partial charge in [-0.2, -0.15) is 0 Å². The van der Waals surface area contributed by atoms with Crippen LogP contribution in [-0.2, 0) is 6.42 Å². The second-order valence-electron chi connectivity index (χ2n) is 2.30. The van der Waals surface area contributed by atoms with Crippen LogP contribution in [0.1, 0.15) is 12.0 Å². The van der Waals surface area contributed by atoms with Crippen molar-refractivity contribution in [1.82, 2.24) is 4.98 Å². The van der Waals surface area contributed by atoms with Gasteiger partial charge in [-0.25, -0.2) is 4.39 Å². The summed E-state index contributed by atoms with van der Waals surface area (Å²) >= 11 is 3.31. The molecule has 0 fully saturated rings. The molecular formula is C8H9BrFN. The maximum atomic E-state index is 12.5. The van der Waals surface area contributed by atoms with Crippen LogP contribution in [0.15, 0.2) is 18.5 Å². The number of hydrogen-bond acceptors (Lipinski definition) is 1. The Morgan fingerprint density at radius 3 is 2.91 bits per heavy atom. The third-order valence-electron chi connectivity index (χ3n) is 1.36. The molecule has 0 aliphatic heterocycles. The molecule has 0 spiro atoms. The minimum atomic E-state index is -0.253. The first-order valence-corrected chi connectivity index (χ1v) is 4.60. The predicted octanol–water partition coefficient (Wildman–Crippen LogP) is 2.55. The van der Waals surface area contributed by atoms with E-state index in [0.717, 1.165) is 23.7 Å². The number of aromatic nitrogens is 1. The lowest BCUT2D eigenvalue weighted by molar-refractivity contribution is 0.618. The maximum absolute atomic E-state index is 12.5. The SMILES string of the molecule is Fc1cncc(CCCBr)c1. The summed E-state index contributed by atoms with van der Waals surface area (Å²) in [4.78, 5) is 3.75. The zero-order valence-electron chi connectivity index (χ0n) is 6.06. The fraction of sp³-hybridized carbons (Fsp3) is 0.375. The van der Waals surface area contributed by atoms with Gasteiger partial charge < -0.3 is 0 Å². The Hall–Kier alpha value is -0.440. The van der Waals surface area contributed by atoms with E-state index in [1.807, 2.05) is 0 Å². The third-order valence-corrected chi connectivity index (χ3v) is 1.92. The molecule has 0 aliphatic rings. The van der Waals surface area contributed by atoms with E-state index in [1.165, 1.54) is 12.3 Å². The zero-order valence-corrected chi connectivity index (χ0v) is 7.64. The first kappa shape index (κ1) is 8.65. The van der Waals surface area contributed by atoms with Crippen molar-refractivity contribution in [2.24, 2.45) is 0 Å². The standard InChI is InChI=1S/C8H9BrFN/c9-3-1-2-7-4-8(10)6-11-5-7/h4-6H,1-3H2. The second kappa shape index (κ2) is 4.44. The van der Waals surface area contributed by atoms with Gasteiger partial charge in [0.15, 0.2) is 0 Å². The van der Waals surface area contributed by atoms with E-state index in [1.54, 1.807) is 6.20 Å². The van der Waals surface area contributed by atoms with E-state index in [4.69, 9.17) is 0 Å². The van der Waals surface area contributed by atoms with Crippen molar-refractivity contribution in [3.63, 3.8) is 0 Å². The smallest absolute Gasteiger partial charge is 0.141 e. The Balaban J connectivity index is 2.56. The summed E-state index contributed by atoms with van der Waals surface area (Å²) in [6.45, 7) is 0. The number of alkyl halides is 1. The van der Waals surface area contributed by atoms with Crippen molar-refractivity contribution >= 4 is 15.9 Å². The van der Waals surface area contributed by atoms with Gasteiger partial charge in [0.25, 0.3) is 0 Å². The molecule has 0 unspecified atom stereocenters. The molecule has 0 saturated carbocycles. The van der Waals surface area contributed by atoms with Crippen LogP contribution in [0.5, 0.6) is 0 Å².